The van der Waals surface area contributed by atoms with Gasteiger partial charge in [-0.25, -0.2) is 4.79 Å². The van der Waals surface area contributed by atoms with Crippen LogP contribution in [-0.2, 0) is 22.1 Å². The van der Waals surface area contributed by atoms with Gasteiger partial charge in [0.05, 0.1) is 12.8 Å². The van der Waals surface area contributed by atoms with E-state index in [1.807, 2.05) is 0 Å². The summed E-state index contributed by atoms with van der Waals surface area (Å²) in [5, 5.41) is 4.04. The van der Waals surface area contributed by atoms with Gasteiger partial charge in [-0.2, -0.15) is 5.10 Å². The summed E-state index contributed by atoms with van der Waals surface area (Å²) in [6, 6.07) is 1.69. The summed E-state index contributed by atoms with van der Waals surface area (Å²) in [6.07, 6.45) is 1.73. The molecule has 1 aromatic rings. The van der Waals surface area contributed by atoms with E-state index in [0.29, 0.717) is 5.69 Å². The molecule has 0 spiro atoms. The Kier molecular flexibility index (Phi) is 2.38. The first kappa shape index (κ1) is 9.73. The summed E-state index contributed by atoms with van der Waals surface area (Å²) in [7, 11) is 3.06. The van der Waals surface area contributed by atoms with Gasteiger partial charge in [0, 0.05) is 13.2 Å². The highest BCUT2D eigenvalue weighted by Gasteiger charge is 2.33. The summed E-state index contributed by atoms with van der Waals surface area (Å²) >= 11 is 0. The fourth-order valence-corrected chi connectivity index (χ4v) is 1.01. The Hall–Kier alpha value is -1.36. The second-order valence-corrected chi connectivity index (χ2v) is 3.07. The molecule has 0 aliphatic rings. The third-order valence-electron chi connectivity index (χ3n) is 1.86. The molecule has 0 saturated heterocycles. The summed E-state index contributed by atoms with van der Waals surface area (Å²) in [5.41, 5.74) is 5.09. The summed E-state index contributed by atoms with van der Waals surface area (Å²) in [4.78, 5) is 11.2. The fraction of sp³-hybridized carbons (Fsp3) is 0.500. The van der Waals surface area contributed by atoms with Crippen molar-refractivity contribution in [2.45, 2.75) is 12.5 Å². The van der Waals surface area contributed by atoms with Gasteiger partial charge in [0.25, 0.3) is 0 Å². The lowest BCUT2D eigenvalue weighted by Crippen LogP contribution is -2.43. The van der Waals surface area contributed by atoms with E-state index in [1.165, 1.54) is 7.11 Å². The highest BCUT2D eigenvalue weighted by molar-refractivity contribution is 5.80. The van der Waals surface area contributed by atoms with E-state index >= 15 is 0 Å². The molecule has 0 aliphatic carbocycles. The van der Waals surface area contributed by atoms with Gasteiger partial charge in [-0.1, -0.05) is 0 Å². The predicted octanol–water partition coefficient (Wildman–Crippen LogP) is -0.233. The minimum absolute atomic E-state index is 0.494. The lowest BCUT2D eigenvalue weighted by molar-refractivity contribution is -0.146. The van der Waals surface area contributed by atoms with Crippen LogP contribution in [0.2, 0.25) is 0 Å². The zero-order chi connectivity index (χ0) is 10.1. The predicted molar refractivity (Wildman–Crippen MR) is 46.8 cm³/mol. The molecule has 0 amide bonds. The van der Waals surface area contributed by atoms with E-state index in [4.69, 9.17) is 5.73 Å². The molecule has 0 aliphatic heterocycles. The minimum Gasteiger partial charge on any atom is -0.467 e. The van der Waals surface area contributed by atoms with E-state index in [-0.39, 0.29) is 0 Å². The van der Waals surface area contributed by atoms with E-state index in [0.717, 1.165) is 0 Å². The number of aromatic nitrogens is 2. The standard InChI is InChI=1S/C8H13N3O2/c1-8(9,7(12)13-3)6-4-5-11(2)10-6/h4-5H,9H2,1-3H3. The molecular weight excluding hydrogens is 170 g/mol. The average Bonchev–Trinajstić information content (AvgIpc) is 2.50. The smallest absolute Gasteiger partial charge is 0.331 e. The molecule has 0 radical (unpaired) electrons. The van der Waals surface area contributed by atoms with Crippen LogP contribution in [0.25, 0.3) is 0 Å². The molecule has 0 fully saturated rings. The van der Waals surface area contributed by atoms with Crippen molar-refractivity contribution < 1.29 is 9.53 Å². The monoisotopic (exact) mass is 183 g/mol. The SMILES string of the molecule is COC(=O)C(C)(N)c1ccn(C)n1. The third kappa shape index (κ3) is 1.70. The van der Waals surface area contributed by atoms with Crippen LogP contribution in [0.1, 0.15) is 12.6 Å². The van der Waals surface area contributed by atoms with Crippen LogP contribution in [-0.4, -0.2) is 22.9 Å². The number of carbonyl (C=O) groups excluding carboxylic acids is 1. The van der Waals surface area contributed by atoms with Crippen molar-refractivity contribution in [2.24, 2.45) is 12.8 Å². The van der Waals surface area contributed by atoms with Crippen molar-refractivity contribution in [3.8, 4) is 0 Å². The molecule has 1 atom stereocenters. The van der Waals surface area contributed by atoms with Crippen LogP contribution < -0.4 is 5.73 Å². The molecular formula is C8H13N3O2. The number of hydrogen-bond acceptors (Lipinski definition) is 4. The maximum atomic E-state index is 11.2. The third-order valence-corrected chi connectivity index (χ3v) is 1.86. The number of carbonyl (C=O) groups is 1. The Morgan fingerprint density at radius 1 is 1.77 bits per heavy atom. The van der Waals surface area contributed by atoms with Crippen molar-refractivity contribution >= 4 is 5.97 Å². The van der Waals surface area contributed by atoms with E-state index in [1.54, 1.807) is 30.9 Å². The van der Waals surface area contributed by atoms with Crippen molar-refractivity contribution in [1.29, 1.82) is 0 Å². The van der Waals surface area contributed by atoms with Gasteiger partial charge in [0.2, 0.25) is 0 Å². The topological polar surface area (TPSA) is 70.1 Å². The molecule has 0 bridgehead atoms. The van der Waals surface area contributed by atoms with Gasteiger partial charge >= 0.3 is 5.97 Å². The van der Waals surface area contributed by atoms with Gasteiger partial charge in [0.15, 0.2) is 5.54 Å². The molecule has 0 aromatic carbocycles. The Morgan fingerprint density at radius 2 is 2.38 bits per heavy atom. The number of hydrogen-bond donors (Lipinski definition) is 1. The molecule has 5 nitrogen and oxygen atoms in total. The zero-order valence-corrected chi connectivity index (χ0v) is 7.94. The zero-order valence-electron chi connectivity index (χ0n) is 7.94. The van der Waals surface area contributed by atoms with Gasteiger partial charge in [0.1, 0.15) is 0 Å². The molecule has 1 heterocycles. The number of methoxy groups -OCH3 is 1. The number of nitrogens with two attached hydrogens (primary N) is 1. The van der Waals surface area contributed by atoms with Crippen LogP contribution in [0.5, 0.6) is 0 Å². The first-order chi connectivity index (χ1) is 5.98. The second kappa shape index (κ2) is 3.18. The molecule has 13 heavy (non-hydrogen) atoms. The van der Waals surface area contributed by atoms with Gasteiger partial charge < -0.3 is 10.5 Å². The molecule has 1 aromatic heterocycles. The lowest BCUT2D eigenvalue weighted by atomic mass is 10.0. The molecule has 72 valence electrons. The maximum absolute atomic E-state index is 11.2. The highest BCUT2D eigenvalue weighted by Crippen LogP contribution is 2.16. The van der Waals surface area contributed by atoms with Crippen molar-refractivity contribution in [3.05, 3.63) is 18.0 Å². The van der Waals surface area contributed by atoms with Crippen molar-refractivity contribution in [3.63, 3.8) is 0 Å². The molecule has 2 N–H and O–H groups in total. The van der Waals surface area contributed by atoms with E-state index in [9.17, 15) is 4.79 Å². The number of rotatable bonds is 2. The van der Waals surface area contributed by atoms with E-state index < -0.39 is 11.5 Å². The van der Waals surface area contributed by atoms with Crippen LogP contribution in [0, 0.1) is 0 Å². The van der Waals surface area contributed by atoms with Crippen LogP contribution in [0.3, 0.4) is 0 Å². The van der Waals surface area contributed by atoms with E-state index in [2.05, 4.69) is 9.84 Å². The molecule has 0 saturated carbocycles. The summed E-state index contributed by atoms with van der Waals surface area (Å²) in [6.45, 7) is 1.57. The Labute approximate surface area is 76.5 Å². The first-order valence-corrected chi connectivity index (χ1v) is 3.86. The second-order valence-electron chi connectivity index (χ2n) is 3.07. The number of aryl methyl sites for hydroxylation is 1. The highest BCUT2D eigenvalue weighted by atomic mass is 16.5. The number of nitrogens with zero attached hydrogens (tertiary/aromatic N) is 2. The first-order valence-electron chi connectivity index (χ1n) is 3.86. The number of esters is 1. The molecule has 1 rings (SSSR count). The summed E-state index contributed by atoms with van der Waals surface area (Å²) < 4.78 is 6.15. The Morgan fingerprint density at radius 3 is 2.77 bits per heavy atom. The normalized spacial score (nSPS) is 15.1. The molecule has 1 unspecified atom stereocenters. The van der Waals surface area contributed by atoms with Gasteiger partial charge in [-0.15, -0.1) is 0 Å². The fourth-order valence-electron chi connectivity index (χ4n) is 1.01. The Balaban J connectivity index is 2.99. The number of ether oxygens (including phenoxy) is 1. The van der Waals surface area contributed by atoms with Crippen molar-refractivity contribution in [2.75, 3.05) is 7.11 Å². The van der Waals surface area contributed by atoms with Crippen LogP contribution >= 0.6 is 0 Å². The largest absolute Gasteiger partial charge is 0.467 e. The van der Waals surface area contributed by atoms with Crippen LogP contribution in [0.4, 0.5) is 0 Å². The minimum atomic E-state index is -1.17. The van der Waals surface area contributed by atoms with Gasteiger partial charge in [-0.05, 0) is 13.0 Å². The molecule has 5 heteroatoms. The lowest BCUT2D eigenvalue weighted by Gasteiger charge is -2.18. The Bertz CT molecular complexity index is 317. The van der Waals surface area contributed by atoms with Gasteiger partial charge in [-0.3, -0.25) is 4.68 Å². The summed E-state index contributed by atoms with van der Waals surface area (Å²) in [5.74, 6) is -0.494. The quantitative estimate of drug-likeness (QED) is 0.643. The van der Waals surface area contributed by atoms with Crippen molar-refractivity contribution in [1.82, 2.24) is 9.78 Å². The average molecular weight is 183 g/mol. The van der Waals surface area contributed by atoms with Crippen LogP contribution in [0.15, 0.2) is 12.3 Å². The maximum Gasteiger partial charge on any atom is 0.331 e.